The molecule has 3 fully saturated rings. The SMILES string of the molecule is CC1=C2N(C)C(=O)CC[C@]2(C)[C@H]2CC[C@]3(C)[C@@H](C(=O)Nc4ccc(C(F)(F)F)cc4Cl)CC[C@H]3[C@@H]2C1. The lowest BCUT2D eigenvalue weighted by molar-refractivity contribution is -0.138. The zero-order valence-corrected chi connectivity index (χ0v) is 22.0. The smallest absolute Gasteiger partial charge is 0.325 e. The Bertz CT molecular complexity index is 1150. The predicted octanol–water partition coefficient (Wildman–Crippen LogP) is 7.29. The van der Waals surface area contributed by atoms with Gasteiger partial charge in [-0.05, 0) is 86.8 Å². The highest BCUT2D eigenvalue weighted by molar-refractivity contribution is 6.33. The van der Waals surface area contributed by atoms with Crippen LogP contribution < -0.4 is 5.32 Å². The van der Waals surface area contributed by atoms with Gasteiger partial charge < -0.3 is 10.2 Å². The van der Waals surface area contributed by atoms with Crippen LogP contribution in [0.5, 0.6) is 0 Å². The third kappa shape index (κ3) is 3.79. The molecule has 1 aromatic carbocycles. The Morgan fingerprint density at radius 1 is 1.14 bits per heavy atom. The van der Waals surface area contributed by atoms with Gasteiger partial charge in [0.15, 0.2) is 0 Å². The fourth-order valence-corrected chi connectivity index (χ4v) is 8.78. The van der Waals surface area contributed by atoms with Crippen LogP contribution >= 0.6 is 11.6 Å². The highest BCUT2D eigenvalue weighted by Crippen LogP contribution is 2.67. The molecule has 8 heteroatoms. The summed E-state index contributed by atoms with van der Waals surface area (Å²) >= 11 is 6.12. The summed E-state index contributed by atoms with van der Waals surface area (Å²) in [4.78, 5) is 27.8. The summed E-state index contributed by atoms with van der Waals surface area (Å²) in [6.07, 6.45) is 1.59. The molecule has 6 atom stereocenters. The molecular weight excluding hydrogens is 489 g/mol. The number of nitrogens with one attached hydrogen (secondary N) is 1. The summed E-state index contributed by atoms with van der Waals surface area (Å²) in [5.74, 6) is 1.17. The van der Waals surface area contributed by atoms with E-state index in [1.54, 1.807) is 0 Å². The lowest BCUT2D eigenvalue weighted by Gasteiger charge is -2.59. The molecule has 0 aromatic heterocycles. The van der Waals surface area contributed by atoms with E-state index in [0.29, 0.717) is 24.2 Å². The van der Waals surface area contributed by atoms with Crippen LogP contribution in [0.2, 0.25) is 5.02 Å². The number of fused-ring (bicyclic) bond motifs is 5. The minimum atomic E-state index is -4.49. The lowest BCUT2D eigenvalue weighted by atomic mass is 9.48. The molecule has 1 saturated heterocycles. The maximum Gasteiger partial charge on any atom is 0.416 e. The van der Waals surface area contributed by atoms with Gasteiger partial charge >= 0.3 is 6.18 Å². The number of benzene rings is 1. The largest absolute Gasteiger partial charge is 0.416 e. The molecule has 1 aliphatic heterocycles. The van der Waals surface area contributed by atoms with Gasteiger partial charge in [-0.3, -0.25) is 9.59 Å². The molecule has 36 heavy (non-hydrogen) atoms. The second kappa shape index (κ2) is 8.50. The third-order valence-corrected chi connectivity index (χ3v) is 10.5. The molecule has 4 aliphatic rings. The molecule has 5 rings (SSSR count). The third-order valence-electron chi connectivity index (χ3n) is 10.2. The van der Waals surface area contributed by atoms with Crippen molar-refractivity contribution in [2.45, 2.75) is 71.9 Å². The molecule has 0 spiro atoms. The molecule has 196 valence electrons. The number of allylic oxidation sites excluding steroid dienone is 2. The maximum atomic E-state index is 13.5. The standard InChI is InChI=1S/C28H34ClF3N2O2/c1-15-13-17-18-6-7-20(25(36)33-22-8-5-16(14-21(22)29)28(30,31)32)26(18,2)11-9-19(17)27(3)12-10-23(35)34(4)24(15)27/h5,8,14,17-20H,6-7,9-13H2,1-4H3,(H,33,36)/t17-,18-,19-,20+,26-,27+/m0/s1. The van der Waals surface area contributed by atoms with Crippen LogP contribution in [0, 0.1) is 34.5 Å². The van der Waals surface area contributed by atoms with Gasteiger partial charge in [-0.25, -0.2) is 0 Å². The van der Waals surface area contributed by atoms with Gasteiger partial charge in [0.1, 0.15) is 0 Å². The van der Waals surface area contributed by atoms with Crippen molar-refractivity contribution in [1.29, 1.82) is 0 Å². The molecule has 4 nitrogen and oxygen atoms in total. The number of amides is 2. The second-order valence-corrected chi connectivity index (χ2v) is 12.3. The highest BCUT2D eigenvalue weighted by atomic mass is 35.5. The Morgan fingerprint density at radius 2 is 1.86 bits per heavy atom. The van der Waals surface area contributed by atoms with Gasteiger partial charge in [0.05, 0.1) is 16.3 Å². The van der Waals surface area contributed by atoms with Crippen molar-refractivity contribution in [2.24, 2.45) is 34.5 Å². The van der Waals surface area contributed by atoms with E-state index < -0.39 is 11.7 Å². The van der Waals surface area contributed by atoms with Crippen LogP contribution in [-0.4, -0.2) is 23.8 Å². The molecule has 2 amide bonds. The average molecular weight is 523 g/mol. The van der Waals surface area contributed by atoms with Crippen molar-refractivity contribution in [1.82, 2.24) is 4.90 Å². The maximum absolute atomic E-state index is 13.5. The molecule has 2 saturated carbocycles. The van der Waals surface area contributed by atoms with Crippen LogP contribution in [0.15, 0.2) is 29.5 Å². The summed E-state index contributed by atoms with van der Waals surface area (Å²) in [5.41, 5.74) is 1.70. The molecule has 1 aromatic rings. The number of likely N-dealkylation sites (tertiary alicyclic amines) is 1. The zero-order chi connectivity index (χ0) is 26.2. The van der Waals surface area contributed by atoms with E-state index in [1.165, 1.54) is 17.3 Å². The molecule has 1 heterocycles. The van der Waals surface area contributed by atoms with Crippen molar-refractivity contribution in [3.63, 3.8) is 0 Å². The van der Waals surface area contributed by atoms with Gasteiger partial charge in [0.25, 0.3) is 0 Å². The van der Waals surface area contributed by atoms with Gasteiger partial charge in [-0.1, -0.05) is 31.0 Å². The molecular formula is C28H34ClF3N2O2. The van der Waals surface area contributed by atoms with E-state index in [4.69, 9.17) is 11.6 Å². The van der Waals surface area contributed by atoms with E-state index >= 15 is 0 Å². The fraction of sp³-hybridized carbons (Fsp3) is 0.643. The zero-order valence-electron chi connectivity index (χ0n) is 21.3. The number of nitrogens with zero attached hydrogens (tertiary/aromatic N) is 1. The van der Waals surface area contributed by atoms with Crippen molar-refractivity contribution >= 4 is 29.1 Å². The van der Waals surface area contributed by atoms with E-state index in [2.05, 4.69) is 26.1 Å². The number of hydrogen-bond donors (Lipinski definition) is 1. The molecule has 3 aliphatic carbocycles. The fourth-order valence-electron chi connectivity index (χ4n) is 8.55. The van der Waals surface area contributed by atoms with Gasteiger partial charge in [0.2, 0.25) is 11.8 Å². The average Bonchev–Trinajstić information content (AvgIpc) is 3.15. The van der Waals surface area contributed by atoms with Gasteiger partial charge in [-0.15, -0.1) is 0 Å². The number of carbonyl (C=O) groups excluding carboxylic acids is 2. The minimum Gasteiger partial charge on any atom is -0.325 e. The Labute approximate surface area is 215 Å². The van der Waals surface area contributed by atoms with E-state index in [1.807, 2.05) is 11.9 Å². The van der Waals surface area contributed by atoms with E-state index in [9.17, 15) is 22.8 Å². The van der Waals surface area contributed by atoms with Crippen molar-refractivity contribution < 1.29 is 22.8 Å². The van der Waals surface area contributed by atoms with Crippen LogP contribution in [0.1, 0.15) is 71.3 Å². The highest BCUT2D eigenvalue weighted by Gasteiger charge is 2.61. The minimum absolute atomic E-state index is 0.0227. The first kappa shape index (κ1) is 25.6. The lowest BCUT2D eigenvalue weighted by Crippen LogP contribution is -2.54. The quantitative estimate of drug-likeness (QED) is 0.443. The summed E-state index contributed by atoms with van der Waals surface area (Å²) < 4.78 is 39.0. The summed E-state index contributed by atoms with van der Waals surface area (Å²) in [7, 11) is 1.91. The number of halogens is 4. The first-order valence-corrected chi connectivity index (χ1v) is 13.3. The Balaban J connectivity index is 1.38. The van der Waals surface area contributed by atoms with Crippen LogP contribution in [0.3, 0.4) is 0 Å². The number of anilines is 1. The summed E-state index contributed by atoms with van der Waals surface area (Å²) in [6, 6.07) is 3.06. The number of piperidine rings is 1. The second-order valence-electron chi connectivity index (χ2n) is 11.9. The van der Waals surface area contributed by atoms with Crippen molar-refractivity contribution in [2.75, 3.05) is 12.4 Å². The normalized spacial score (nSPS) is 36.3. The number of hydrogen-bond acceptors (Lipinski definition) is 2. The first-order valence-electron chi connectivity index (χ1n) is 12.9. The Kier molecular flexibility index (Phi) is 6.05. The predicted molar refractivity (Wildman–Crippen MR) is 133 cm³/mol. The van der Waals surface area contributed by atoms with Gasteiger partial charge in [-0.2, -0.15) is 13.2 Å². The van der Waals surface area contributed by atoms with Crippen LogP contribution in [-0.2, 0) is 15.8 Å². The summed E-state index contributed by atoms with van der Waals surface area (Å²) in [5, 5.41) is 2.74. The molecule has 0 bridgehead atoms. The number of rotatable bonds is 2. The number of carbonyl (C=O) groups is 2. The van der Waals surface area contributed by atoms with E-state index in [-0.39, 0.29) is 39.3 Å². The Hall–Kier alpha value is -2.02. The van der Waals surface area contributed by atoms with Crippen molar-refractivity contribution in [3.8, 4) is 0 Å². The van der Waals surface area contributed by atoms with Gasteiger partial charge in [0, 0.05) is 30.5 Å². The monoisotopic (exact) mass is 522 g/mol. The van der Waals surface area contributed by atoms with Crippen molar-refractivity contribution in [3.05, 3.63) is 40.1 Å². The Morgan fingerprint density at radius 3 is 2.53 bits per heavy atom. The summed E-state index contributed by atoms with van der Waals surface area (Å²) in [6.45, 7) is 6.73. The van der Waals surface area contributed by atoms with Crippen LogP contribution in [0.25, 0.3) is 0 Å². The molecule has 0 radical (unpaired) electrons. The van der Waals surface area contributed by atoms with Crippen LogP contribution in [0.4, 0.5) is 18.9 Å². The van der Waals surface area contributed by atoms with E-state index in [0.717, 1.165) is 50.7 Å². The number of alkyl halides is 3. The molecule has 0 unspecified atom stereocenters. The first-order chi connectivity index (χ1) is 16.8. The molecule has 1 N–H and O–H groups in total. The topological polar surface area (TPSA) is 49.4 Å².